The summed E-state index contributed by atoms with van der Waals surface area (Å²) in [5, 5.41) is 0.0625. The standard InChI is InChI=1S/C10H10BrN3O2S/c11-9-3-1-2-8(4-9)5-14-17(15,16)10-6-12-7-13-10/h1-4,6-7,14H,5H2,(H,12,13). The van der Waals surface area contributed by atoms with E-state index in [0.717, 1.165) is 10.0 Å². The first-order valence-corrected chi connectivity index (χ1v) is 7.08. The van der Waals surface area contributed by atoms with Crippen molar-refractivity contribution < 1.29 is 8.42 Å². The molecular formula is C10H10BrN3O2S. The Balaban J connectivity index is 2.08. The van der Waals surface area contributed by atoms with E-state index >= 15 is 0 Å². The average molecular weight is 316 g/mol. The van der Waals surface area contributed by atoms with Crippen LogP contribution in [0.25, 0.3) is 0 Å². The Morgan fingerprint density at radius 3 is 2.88 bits per heavy atom. The Bertz CT molecular complexity index is 596. The lowest BCUT2D eigenvalue weighted by Crippen LogP contribution is -2.23. The van der Waals surface area contributed by atoms with Crippen LogP contribution in [0.4, 0.5) is 0 Å². The zero-order chi connectivity index (χ0) is 12.3. The summed E-state index contributed by atoms with van der Waals surface area (Å²) in [6, 6.07) is 7.44. The monoisotopic (exact) mass is 315 g/mol. The lowest BCUT2D eigenvalue weighted by Gasteiger charge is -2.05. The molecule has 0 unspecified atom stereocenters. The first-order chi connectivity index (χ1) is 8.08. The molecule has 0 aliphatic rings. The van der Waals surface area contributed by atoms with Gasteiger partial charge in [-0.2, -0.15) is 0 Å². The van der Waals surface area contributed by atoms with Gasteiger partial charge >= 0.3 is 0 Å². The summed E-state index contributed by atoms with van der Waals surface area (Å²) < 4.78 is 26.9. The summed E-state index contributed by atoms with van der Waals surface area (Å²) in [5.74, 6) is 0. The minimum absolute atomic E-state index is 0.0625. The molecule has 2 N–H and O–H groups in total. The van der Waals surface area contributed by atoms with Crippen LogP contribution in [0.2, 0.25) is 0 Å². The Morgan fingerprint density at radius 2 is 2.24 bits per heavy atom. The fourth-order valence-electron chi connectivity index (χ4n) is 1.29. The molecular weight excluding hydrogens is 306 g/mol. The Morgan fingerprint density at radius 1 is 1.41 bits per heavy atom. The molecule has 0 amide bonds. The number of nitrogens with one attached hydrogen (secondary N) is 2. The van der Waals surface area contributed by atoms with Crippen LogP contribution in [-0.2, 0) is 16.6 Å². The van der Waals surface area contributed by atoms with Crippen molar-refractivity contribution in [1.82, 2.24) is 14.7 Å². The van der Waals surface area contributed by atoms with Crippen LogP contribution >= 0.6 is 15.9 Å². The van der Waals surface area contributed by atoms with Crippen LogP contribution in [0.15, 0.2) is 46.3 Å². The van der Waals surface area contributed by atoms with Crippen molar-refractivity contribution in [1.29, 1.82) is 0 Å². The summed E-state index contributed by atoms with van der Waals surface area (Å²) >= 11 is 3.33. The van der Waals surface area contributed by atoms with Gasteiger partial charge in [0.1, 0.15) is 0 Å². The summed E-state index contributed by atoms with van der Waals surface area (Å²) in [7, 11) is -3.51. The second kappa shape index (κ2) is 4.99. The van der Waals surface area contributed by atoms with Gasteiger partial charge in [-0.1, -0.05) is 28.1 Å². The molecule has 0 aliphatic heterocycles. The Hall–Kier alpha value is -1.18. The van der Waals surface area contributed by atoms with E-state index < -0.39 is 10.0 Å². The van der Waals surface area contributed by atoms with Crippen LogP contribution in [0.1, 0.15) is 5.56 Å². The van der Waals surface area contributed by atoms with E-state index in [9.17, 15) is 8.42 Å². The van der Waals surface area contributed by atoms with Gasteiger partial charge in [-0.05, 0) is 17.7 Å². The minimum Gasteiger partial charge on any atom is -0.335 e. The zero-order valence-electron chi connectivity index (χ0n) is 8.72. The van der Waals surface area contributed by atoms with Gasteiger partial charge in [-0.3, -0.25) is 0 Å². The first kappa shape index (κ1) is 12.3. The maximum atomic E-state index is 11.8. The minimum atomic E-state index is -3.51. The third-order valence-corrected chi connectivity index (χ3v) is 3.94. The van der Waals surface area contributed by atoms with E-state index in [1.807, 2.05) is 24.3 Å². The summed E-state index contributed by atoms with van der Waals surface area (Å²) in [5.41, 5.74) is 0.877. The van der Waals surface area contributed by atoms with E-state index in [1.165, 1.54) is 12.5 Å². The van der Waals surface area contributed by atoms with Gasteiger partial charge in [-0.25, -0.2) is 18.1 Å². The molecule has 2 aromatic rings. The first-order valence-electron chi connectivity index (χ1n) is 4.80. The third-order valence-electron chi connectivity index (χ3n) is 2.12. The smallest absolute Gasteiger partial charge is 0.257 e. The van der Waals surface area contributed by atoms with Crippen molar-refractivity contribution in [2.45, 2.75) is 11.6 Å². The number of imidazole rings is 1. The van der Waals surface area contributed by atoms with Crippen molar-refractivity contribution in [3.8, 4) is 0 Å². The molecule has 7 heteroatoms. The van der Waals surface area contributed by atoms with Gasteiger partial charge < -0.3 is 4.98 Å². The number of aromatic amines is 1. The highest BCUT2D eigenvalue weighted by Gasteiger charge is 2.14. The highest BCUT2D eigenvalue weighted by Crippen LogP contribution is 2.12. The number of rotatable bonds is 4. The van der Waals surface area contributed by atoms with Gasteiger partial charge in [0.05, 0.1) is 12.5 Å². The molecule has 0 spiro atoms. The lowest BCUT2D eigenvalue weighted by atomic mass is 10.2. The molecule has 0 aliphatic carbocycles. The number of benzene rings is 1. The van der Waals surface area contributed by atoms with Gasteiger partial charge in [0.15, 0.2) is 5.03 Å². The molecule has 0 bridgehead atoms. The van der Waals surface area contributed by atoms with Crippen molar-refractivity contribution in [2.24, 2.45) is 0 Å². The maximum absolute atomic E-state index is 11.8. The van der Waals surface area contributed by atoms with Crippen molar-refractivity contribution in [3.63, 3.8) is 0 Å². The molecule has 90 valence electrons. The topological polar surface area (TPSA) is 74.8 Å². The third kappa shape index (κ3) is 3.15. The molecule has 1 aromatic carbocycles. The number of halogens is 1. The van der Waals surface area contributed by atoms with Gasteiger partial charge in [-0.15, -0.1) is 0 Å². The molecule has 2 rings (SSSR count). The lowest BCUT2D eigenvalue weighted by molar-refractivity contribution is 0.578. The summed E-state index contributed by atoms with van der Waals surface area (Å²) in [4.78, 5) is 6.23. The second-order valence-electron chi connectivity index (χ2n) is 3.37. The van der Waals surface area contributed by atoms with E-state index in [-0.39, 0.29) is 11.6 Å². The predicted molar refractivity (Wildman–Crippen MR) is 66.8 cm³/mol. The fraction of sp³-hybridized carbons (Fsp3) is 0.100. The van der Waals surface area contributed by atoms with Crippen molar-refractivity contribution in [3.05, 3.63) is 46.8 Å². The van der Waals surface area contributed by atoms with E-state index in [1.54, 1.807) is 0 Å². The van der Waals surface area contributed by atoms with Gasteiger partial charge in [0.25, 0.3) is 10.0 Å². The van der Waals surface area contributed by atoms with E-state index in [2.05, 4.69) is 30.6 Å². The largest absolute Gasteiger partial charge is 0.335 e. The fourth-order valence-corrected chi connectivity index (χ4v) is 2.66. The molecule has 0 saturated carbocycles. The van der Waals surface area contributed by atoms with Crippen molar-refractivity contribution >= 4 is 26.0 Å². The predicted octanol–water partition coefficient (Wildman–Crippen LogP) is 1.65. The molecule has 0 radical (unpaired) electrons. The molecule has 5 nitrogen and oxygen atoms in total. The number of nitrogens with zero attached hydrogens (tertiary/aromatic N) is 1. The molecule has 1 heterocycles. The highest BCUT2D eigenvalue weighted by atomic mass is 79.9. The van der Waals surface area contributed by atoms with Gasteiger partial charge in [0, 0.05) is 11.0 Å². The highest BCUT2D eigenvalue weighted by molar-refractivity contribution is 9.10. The quantitative estimate of drug-likeness (QED) is 0.901. The molecule has 17 heavy (non-hydrogen) atoms. The van der Waals surface area contributed by atoms with Gasteiger partial charge in [0.2, 0.25) is 0 Å². The zero-order valence-corrected chi connectivity index (χ0v) is 11.1. The normalized spacial score (nSPS) is 11.6. The van der Waals surface area contributed by atoms with Crippen molar-refractivity contribution in [2.75, 3.05) is 0 Å². The number of hydrogen-bond donors (Lipinski definition) is 2. The molecule has 0 saturated heterocycles. The number of aromatic nitrogens is 2. The van der Waals surface area contributed by atoms with Crippen LogP contribution in [0, 0.1) is 0 Å². The summed E-state index contributed by atoms with van der Waals surface area (Å²) in [6.07, 6.45) is 2.59. The number of sulfonamides is 1. The average Bonchev–Trinajstić information content (AvgIpc) is 2.81. The van der Waals surface area contributed by atoms with Crippen LogP contribution in [0.5, 0.6) is 0 Å². The van der Waals surface area contributed by atoms with Crippen LogP contribution < -0.4 is 4.72 Å². The molecule has 0 atom stereocenters. The maximum Gasteiger partial charge on any atom is 0.257 e. The molecule has 1 aromatic heterocycles. The summed E-state index contributed by atoms with van der Waals surface area (Å²) in [6.45, 7) is 0.237. The second-order valence-corrected chi connectivity index (χ2v) is 6.02. The number of H-pyrrole nitrogens is 1. The van der Waals surface area contributed by atoms with E-state index in [0.29, 0.717) is 0 Å². The van der Waals surface area contributed by atoms with Crippen LogP contribution in [0.3, 0.4) is 0 Å². The number of hydrogen-bond acceptors (Lipinski definition) is 3. The molecule has 0 fully saturated rings. The van der Waals surface area contributed by atoms with E-state index in [4.69, 9.17) is 0 Å². The SMILES string of the molecule is O=S(=O)(NCc1cccc(Br)c1)c1cnc[nH]1. The Kier molecular flexibility index (Phi) is 3.60. The Labute approximate surface area is 107 Å². The van der Waals surface area contributed by atoms with Crippen LogP contribution in [-0.4, -0.2) is 18.4 Å².